The van der Waals surface area contributed by atoms with Gasteiger partial charge in [-0.25, -0.2) is 4.79 Å². The predicted octanol–water partition coefficient (Wildman–Crippen LogP) is 4.06. The van der Waals surface area contributed by atoms with Crippen LogP contribution >= 0.6 is 0 Å². The number of benzene rings is 2. The molecular formula is C18H14N2O3. The van der Waals surface area contributed by atoms with Crippen molar-refractivity contribution in [3.8, 4) is 5.75 Å². The molecule has 114 valence electrons. The predicted molar refractivity (Wildman–Crippen MR) is 85.7 cm³/mol. The van der Waals surface area contributed by atoms with E-state index in [-0.39, 0.29) is 17.4 Å². The molecule has 1 aliphatic rings. The molecule has 3 aromatic rings. The van der Waals surface area contributed by atoms with Crippen molar-refractivity contribution in [3.63, 3.8) is 0 Å². The standard InChI is InChI=1S/C18H14N2O3/c1-10-6-8-11(9-7-10)15-16(20-19-15)14-17(21)12-4-2-3-5-13(12)23-18(14)22/h2-9,15-16,21H,1H3. The lowest BCUT2D eigenvalue weighted by Crippen LogP contribution is -2.21. The lowest BCUT2D eigenvalue weighted by molar-refractivity contribution is 0.381. The number of aromatic hydroxyl groups is 1. The molecule has 1 N–H and O–H groups in total. The van der Waals surface area contributed by atoms with Crippen molar-refractivity contribution in [2.75, 3.05) is 0 Å². The van der Waals surface area contributed by atoms with E-state index in [1.807, 2.05) is 31.2 Å². The molecule has 2 aromatic carbocycles. The molecule has 1 aliphatic heterocycles. The summed E-state index contributed by atoms with van der Waals surface area (Å²) in [6.07, 6.45) is 0. The summed E-state index contributed by atoms with van der Waals surface area (Å²) in [5.74, 6) is -0.0717. The van der Waals surface area contributed by atoms with Gasteiger partial charge in [-0.2, -0.15) is 10.2 Å². The van der Waals surface area contributed by atoms with E-state index in [9.17, 15) is 9.90 Å². The van der Waals surface area contributed by atoms with Crippen molar-refractivity contribution in [2.24, 2.45) is 10.2 Å². The van der Waals surface area contributed by atoms with E-state index in [0.29, 0.717) is 11.0 Å². The summed E-state index contributed by atoms with van der Waals surface area (Å²) in [6, 6.07) is 14.0. The van der Waals surface area contributed by atoms with E-state index in [1.54, 1.807) is 24.3 Å². The molecule has 0 radical (unpaired) electrons. The molecule has 2 heterocycles. The van der Waals surface area contributed by atoms with Gasteiger partial charge < -0.3 is 9.52 Å². The van der Waals surface area contributed by atoms with Crippen LogP contribution in [0.2, 0.25) is 0 Å². The second-order valence-electron chi connectivity index (χ2n) is 5.68. The smallest absolute Gasteiger partial charge is 0.345 e. The molecule has 0 saturated heterocycles. The molecule has 0 aliphatic carbocycles. The van der Waals surface area contributed by atoms with Crippen LogP contribution in [0, 0.1) is 6.92 Å². The van der Waals surface area contributed by atoms with Crippen LogP contribution in [0.15, 0.2) is 68.0 Å². The average Bonchev–Trinajstić information content (AvgIpc) is 2.52. The molecule has 4 rings (SSSR count). The van der Waals surface area contributed by atoms with Crippen LogP contribution in [0.5, 0.6) is 5.75 Å². The largest absolute Gasteiger partial charge is 0.507 e. The van der Waals surface area contributed by atoms with Crippen LogP contribution in [-0.2, 0) is 0 Å². The Labute approximate surface area is 131 Å². The number of aryl methyl sites for hydroxylation is 1. The molecule has 2 atom stereocenters. The zero-order valence-electron chi connectivity index (χ0n) is 12.4. The molecule has 5 heteroatoms. The first kappa shape index (κ1) is 13.7. The third-order valence-corrected chi connectivity index (χ3v) is 4.15. The van der Waals surface area contributed by atoms with Crippen LogP contribution in [0.3, 0.4) is 0 Å². The van der Waals surface area contributed by atoms with Gasteiger partial charge in [-0.15, -0.1) is 0 Å². The Bertz CT molecular complexity index is 974. The maximum atomic E-state index is 12.3. The van der Waals surface area contributed by atoms with E-state index < -0.39 is 11.7 Å². The number of hydrogen-bond acceptors (Lipinski definition) is 5. The highest BCUT2D eigenvalue weighted by atomic mass is 16.4. The van der Waals surface area contributed by atoms with Crippen LogP contribution in [-0.4, -0.2) is 5.11 Å². The van der Waals surface area contributed by atoms with Gasteiger partial charge in [0.05, 0.1) is 5.39 Å². The van der Waals surface area contributed by atoms with Crippen LogP contribution in [0.4, 0.5) is 0 Å². The van der Waals surface area contributed by atoms with Gasteiger partial charge in [0.25, 0.3) is 0 Å². The van der Waals surface area contributed by atoms with Crippen molar-refractivity contribution in [3.05, 3.63) is 75.6 Å². The summed E-state index contributed by atoms with van der Waals surface area (Å²) in [6.45, 7) is 2.01. The van der Waals surface area contributed by atoms with Gasteiger partial charge in [0.1, 0.15) is 29.0 Å². The van der Waals surface area contributed by atoms with E-state index in [2.05, 4.69) is 10.2 Å². The molecule has 0 bridgehead atoms. The Hall–Kier alpha value is -2.95. The third kappa shape index (κ3) is 2.12. The van der Waals surface area contributed by atoms with Crippen molar-refractivity contribution in [2.45, 2.75) is 19.0 Å². The maximum absolute atomic E-state index is 12.3. The highest BCUT2D eigenvalue weighted by Crippen LogP contribution is 2.45. The fraction of sp³-hybridized carbons (Fsp3) is 0.167. The Morgan fingerprint density at radius 2 is 1.70 bits per heavy atom. The normalized spacial score (nSPS) is 19.7. The fourth-order valence-corrected chi connectivity index (χ4v) is 2.84. The Kier molecular flexibility index (Phi) is 3.01. The zero-order chi connectivity index (χ0) is 16.0. The fourth-order valence-electron chi connectivity index (χ4n) is 2.84. The summed E-state index contributed by atoms with van der Waals surface area (Å²) in [5, 5.41) is 19.2. The van der Waals surface area contributed by atoms with Gasteiger partial charge in [-0.05, 0) is 24.6 Å². The Morgan fingerprint density at radius 1 is 1.00 bits per heavy atom. The van der Waals surface area contributed by atoms with E-state index >= 15 is 0 Å². The summed E-state index contributed by atoms with van der Waals surface area (Å²) < 4.78 is 5.32. The van der Waals surface area contributed by atoms with Crippen molar-refractivity contribution >= 4 is 11.0 Å². The van der Waals surface area contributed by atoms with E-state index in [0.717, 1.165) is 11.1 Å². The first-order valence-corrected chi connectivity index (χ1v) is 7.36. The summed E-state index contributed by atoms with van der Waals surface area (Å²) in [5.41, 5.74) is 2.07. The van der Waals surface area contributed by atoms with Crippen LogP contribution in [0.25, 0.3) is 11.0 Å². The highest BCUT2D eigenvalue weighted by molar-refractivity contribution is 5.84. The van der Waals surface area contributed by atoms with Crippen LogP contribution < -0.4 is 5.63 Å². The van der Waals surface area contributed by atoms with Gasteiger partial charge >= 0.3 is 5.63 Å². The topological polar surface area (TPSA) is 75.2 Å². The van der Waals surface area contributed by atoms with E-state index in [1.165, 1.54) is 0 Å². The summed E-state index contributed by atoms with van der Waals surface area (Å²) in [4.78, 5) is 12.3. The molecule has 0 fully saturated rings. The Morgan fingerprint density at radius 3 is 2.39 bits per heavy atom. The monoisotopic (exact) mass is 306 g/mol. The number of rotatable bonds is 2. The molecule has 0 amide bonds. The quantitative estimate of drug-likeness (QED) is 0.725. The Balaban J connectivity index is 1.82. The van der Waals surface area contributed by atoms with Gasteiger partial charge in [0, 0.05) is 0 Å². The van der Waals surface area contributed by atoms with Crippen molar-refractivity contribution in [1.82, 2.24) is 0 Å². The van der Waals surface area contributed by atoms with Gasteiger partial charge in [-0.3, -0.25) is 0 Å². The molecule has 2 unspecified atom stereocenters. The lowest BCUT2D eigenvalue weighted by atomic mass is 9.92. The number of nitrogens with zero attached hydrogens (tertiary/aromatic N) is 2. The SMILES string of the molecule is Cc1ccc(C2N=NC2c2c(O)c3ccccc3oc2=O)cc1. The van der Waals surface area contributed by atoms with E-state index in [4.69, 9.17) is 4.42 Å². The highest BCUT2D eigenvalue weighted by Gasteiger charge is 2.36. The first-order valence-electron chi connectivity index (χ1n) is 7.36. The molecular weight excluding hydrogens is 292 g/mol. The third-order valence-electron chi connectivity index (χ3n) is 4.15. The second kappa shape index (κ2) is 5.05. The van der Waals surface area contributed by atoms with Crippen molar-refractivity contribution in [1.29, 1.82) is 0 Å². The zero-order valence-corrected chi connectivity index (χ0v) is 12.4. The second-order valence-corrected chi connectivity index (χ2v) is 5.68. The minimum Gasteiger partial charge on any atom is -0.507 e. The molecule has 1 aromatic heterocycles. The van der Waals surface area contributed by atoms with Gasteiger partial charge in [-0.1, -0.05) is 42.0 Å². The van der Waals surface area contributed by atoms with Gasteiger partial charge in [0.15, 0.2) is 0 Å². The minimum atomic E-state index is -0.568. The average molecular weight is 306 g/mol. The number of hydrogen-bond donors (Lipinski definition) is 1. The van der Waals surface area contributed by atoms with Crippen molar-refractivity contribution < 1.29 is 9.52 Å². The molecule has 23 heavy (non-hydrogen) atoms. The first-order chi connectivity index (χ1) is 11.1. The molecule has 0 saturated carbocycles. The molecule has 5 nitrogen and oxygen atoms in total. The number of para-hydroxylation sites is 1. The van der Waals surface area contributed by atoms with Gasteiger partial charge in [0.2, 0.25) is 0 Å². The summed E-state index contributed by atoms with van der Waals surface area (Å²) in [7, 11) is 0. The lowest BCUT2D eigenvalue weighted by Gasteiger charge is -2.26. The number of fused-ring (bicyclic) bond motifs is 1. The number of azo groups is 1. The minimum absolute atomic E-state index is 0.0717. The maximum Gasteiger partial charge on any atom is 0.345 e. The molecule has 0 spiro atoms. The van der Waals surface area contributed by atoms with Crippen LogP contribution in [0.1, 0.15) is 28.8 Å². The summed E-state index contributed by atoms with van der Waals surface area (Å²) >= 11 is 0.